The fourth-order valence-electron chi connectivity index (χ4n) is 1.86. The van der Waals surface area contributed by atoms with Crippen LogP contribution in [0.15, 0.2) is 12.3 Å². The molecule has 1 aromatic heterocycles. The second-order valence-electron chi connectivity index (χ2n) is 4.29. The van der Waals surface area contributed by atoms with Crippen LogP contribution < -0.4 is 5.73 Å². The van der Waals surface area contributed by atoms with Crippen LogP contribution in [0.4, 0.5) is 0 Å². The Labute approximate surface area is 99.8 Å². The number of β-amino-alcohol motifs (C(OH)–C–C–N with tert-alkyl or cyclic N) is 1. The monoisotopic (exact) mass is 235 g/mol. The molecule has 1 aromatic rings. The molecule has 2 heterocycles. The molecule has 6 heteroatoms. The van der Waals surface area contributed by atoms with Crippen LogP contribution >= 0.6 is 0 Å². The second kappa shape index (κ2) is 4.68. The van der Waals surface area contributed by atoms with Crippen LogP contribution in [-0.4, -0.2) is 45.2 Å². The second-order valence-corrected chi connectivity index (χ2v) is 4.29. The fourth-order valence-corrected chi connectivity index (χ4v) is 1.86. The molecule has 0 unspecified atom stereocenters. The largest absolute Gasteiger partial charge is 0.390 e. The third-order valence-corrected chi connectivity index (χ3v) is 2.85. The molecule has 0 atom stereocenters. The van der Waals surface area contributed by atoms with Crippen molar-refractivity contribution in [1.29, 1.82) is 5.41 Å². The standard InChI is InChI=1S/C11H17N5O/c1-8-9(4-15-6-10(17)7-15)5-16(14-8)11(13)2-3-12/h2-3,5,10,12,17H,4,6-7,13H2,1H3. The van der Waals surface area contributed by atoms with Crippen molar-refractivity contribution in [2.45, 2.75) is 19.6 Å². The SMILES string of the molecule is Cc1nn(C(N)=CC=N)cc1CN1CC(O)C1. The van der Waals surface area contributed by atoms with Crippen LogP contribution in [-0.2, 0) is 6.54 Å². The first-order valence-corrected chi connectivity index (χ1v) is 5.52. The van der Waals surface area contributed by atoms with Gasteiger partial charge in [0, 0.05) is 37.6 Å². The van der Waals surface area contributed by atoms with Crippen molar-refractivity contribution >= 4 is 12.0 Å². The van der Waals surface area contributed by atoms with Crippen LogP contribution in [0.1, 0.15) is 11.3 Å². The molecular weight excluding hydrogens is 218 g/mol. The van der Waals surface area contributed by atoms with Gasteiger partial charge in [0.05, 0.1) is 11.8 Å². The Hall–Kier alpha value is -1.66. The van der Waals surface area contributed by atoms with E-state index in [1.54, 1.807) is 4.68 Å². The first-order valence-electron chi connectivity index (χ1n) is 5.52. The van der Waals surface area contributed by atoms with Crippen molar-refractivity contribution in [2.75, 3.05) is 13.1 Å². The van der Waals surface area contributed by atoms with Crippen molar-refractivity contribution in [3.05, 3.63) is 23.5 Å². The molecule has 4 N–H and O–H groups in total. The highest BCUT2D eigenvalue weighted by molar-refractivity contribution is 5.75. The Morgan fingerprint density at radius 1 is 1.71 bits per heavy atom. The number of hydrogen-bond acceptors (Lipinski definition) is 5. The van der Waals surface area contributed by atoms with E-state index in [2.05, 4.69) is 10.00 Å². The summed E-state index contributed by atoms with van der Waals surface area (Å²) >= 11 is 0. The molecule has 17 heavy (non-hydrogen) atoms. The highest BCUT2D eigenvalue weighted by Crippen LogP contribution is 2.15. The molecule has 0 radical (unpaired) electrons. The maximum absolute atomic E-state index is 9.21. The van der Waals surface area contributed by atoms with Crippen molar-refractivity contribution in [3.8, 4) is 0 Å². The number of allylic oxidation sites excluding steroid dienone is 1. The minimum Gasteiger partial charge on any atom is -0.390 e. The van der Waals surface area contributed by atoms with Crippen LogP contribution in [0.3, 0.4) is 0 Å². The highest BCUT2D eigenvalue weighted by atomic mass is 16.3. The van der Waals surface area contributed by atoms with E-state index in [-0.39, 0.29) is 6.10 Å². The third-order valence-electron chi connectivity index (χ3n) is 2.85. The predicted molar refractivity (Wildman–Crippen MR) is 65.5 cm³/mol. The topological polar surface area (TPSA) is 91.2 Å². The summed E-state index contributed by atoms with van der Waals surface area (Å²) in [7, 11) is 0. The molecule has 1 aliphatic rings. The molecule has 0 aromatic carbocycles. The molecule has 2 rings (SSSR count). The van der Waals surface area contributed by atoms with Crippen molar-refractivity contribution in [2.24, 2.45) is 5.73 Å². The lowest BCUT2D eigenvalue weighted by Gasteiger charge is -2.35. The van der Waals surface area contributed by atoms with E-state index in [1.165, 1.54) is 6.08 Å². The van der Waals surface area contributed by atoms with Crippen LogP contribution in [0.5, 0.6) is 0 Å². The lowest BCUT2D eigenvalue weighted by atomic mass is 10.1. The Balaban J connectivity index is 2.08. The van der Waals surface area contributed by atoms with Crippen molar-refractivity contribution in [3.63, 3.8) is 0 Å². The number of rotatable bonds is 4. The minimum absolute atomic E-state index is 0.187. The molecule has 1 saturated heterocycles. The quantitative estimate of drug-likeness (QED) is 0.629. The Morgan fingerprint density at radius 3 is 3.00 bits per heavy atom. The van der Waals surface area contributed by atoms with Crippen molar-refractivity contribution in [1.82, 2.24) is 14.7 Å². The number of aryl methyl sites for hydroxylation is 1. The smallest absolute Gasteiger partial charge is 0.126 e. The molecule has 0 amide bonds. The summed E-state index contributed by atoms with van der Waals surface area (Å²) in [6.45, 7) is 4.15. The van der Waals surface area contributed by atoms with Gasteiger partial charge in [-0.3, -0.25) is 4.90 Å². The number of likely N-dealkylation sites (tertiary alicyclic amines) is 1. The lowest BCUT2D eigenvalue weighted by molar-refractivity contribution is -0.00297. The zero-order chi connectivity index (χ0) is 12.4. The van der Waals surface area contributed by atoms with Crippen LogP contribution in [0.2, 0.25) is 0 Å². The van der Waals surface area contributed by atoms with Gasteiger partial charge in [-0.1, -0.05) is 0 Å². The van der Waals surface area contributed by atoms with Gasteiger partial charge in [-0.05, 0) is 13.0 Å². The van der Waals surface area contributed by atoms with Gasteiger partial charge in [-0.2, -0.15) is 5.10 Å². The minimum atomic E-state index is -0.187. The van der Waals surface area contributed by atoms with Crippen molar-refractivity contribution < 1.29 is 5.11 Å². The summed E-state index contributed by atoms with van der Waals surface area (Å²) in [5, 5.41) is 20.5. The van der Waals surface area contributed by atoms with E-state index in [1.807, 2.05) is 13.1 Å². The lowest BCUT2D eigenvalue weighted by Crippen LogP contribution is -2.49. The zero-order valence-corrected chi connectivity index (χ0v) is 9.80. The zero-order valence-electron chi connectivity index (χ0n) is 9.80. The van der Waals surface area contributed by atoms with Gasteiger partial charge in [0.25, 0.3) is 0 Å². The molecule has 0 spiro atoms. The molecular formula is C11H17N5O. The number of nitrogens with one attached hydrogen (secondary N) is 1. The van der Waals surface area contributed by atoms with Gasteiger partial charge in [0.2, 0.25) is 0 Å². The maximum atomic E-state index is 9.21. The number of aromatic nitrogens is 2. The first kappa shape index (κ1) is 11.8. The highest BCUT2D eigenvalue weighted by Gasteiger charge is 2.25. The van der Waals surface area contributed by atoms with E-state index in [0.717, 1.165) is 37.1 Å². The number of hydrogen-bond donors (Lipinski definition) is 3. The number of aliphatic hydroxyl groups excluding tert-OH is 1. The van der Waals surface area contributed by atoms with Gasteiger partial charge in [-0.25, -0.2) is 4.68 Å². The summed E-state index contributed by atoms with van der Waals surface area (Å²) in [6.07, 6.45) is 4.31. The molecule has 0 bridgehead atoms. The van der Waals surface area contributed by atoms with Gasteiger partial charge in [0.1, 0.15) is 5.82 Å². The number of nitrogens with zero attached hydrogens (tertiary/aromatic N) is 3. The third kappa shape index (κ3) is 2.54. The van der Waals surface area contributed by atoms with Gasteiger partial charge in [0.15, 0.2) is 0 Å². The van der Waals surface area contributed by atoms with Gasteiger partial charge < -0.3 is 16.2 Å². The van der Waals surface area contributed by atoms with E-state index >= 15 is 0 Å². The fraction of sp³-hybridized carbons (Fsp3) is 0.455. The molecule has 0 saturated carbocycles. The Kier molecular flexibility index (Phi) is 3.26. The number of nitrogens with two attached hydrogens (primary N) is 1. The van der Waals surface area contributed by atoms with Gasteiger partial charge >= 0.3 is 0 Å². The maximum Gasteiger partial charge on any atom is 0.126 e. The van der Waals surface area contributed by atoms with E-state index in [0.29, 0.717) is 5.82 Å². The summed E-state index contributed by atoms with van der Waals surface area (Å²) < 4.78 is 1.58. The normalized spacial score (nSPS) is 18.1. The van der Waals surface area contributed by atoms with Crippen LogP contribution in [0.25, 0.3) is 5.82 Å². The molecule has 6 nitrogen and oxygen atoms in total. The number of aliphatic hydroxyl groups is 1. The average molecular weight is 235 g/mol. The van der Waals surface area contributed by atoms with Gasteiger partial charge in [-0.15, -0.1) is 0 Å². The van der Waals surface area contributed by atoms with Crippen LogP contribution in [0, 0.1) is 12.3 Å². The Bertz CT molecular complexity index is 445. The summed E-state index contributed by atoms with van der Waals surface area (Å²) in [5.41, 5.74) is 7.76. The first-order chi connectivity index (χ1) is 8.10. The predicted octanol–water partition coefficient (Wildman–Crippen LogP) is -0.225. The molecule has 92 valence electrons. The Morgan fingerprint density at radius 2 is 2.41 bits per heavy atom. The summed E-state index contributed by atoms with van der Waals surface area (Å²) in [5.74, 6) is 0.429. The molecule has 1 aliphatic heterocycles. The van der Waals surface area contributed by atoms with E-state index < -0.39 is 0 Å². The van der Waals surface area contributed by atoms with E-state index in [9.17, 15) is 5.11 Å². The molecule has 0 aliphatic carbocycles. The summed E-state index contributed by atoms with van der Waals surface area (Å²) in [6, 6.07) is 0. The van der Waals surface area contributed by atoms with E-state index in [4.69, 9.17) is 11.1 Å². The average Bonchev–Trinajstić information content (AvgIpc) is 2.59. The molecule has 1 fully saturated rings. The summed E-state index contributed by atoms with van der Waals surface area (Å²) in [4.78, 5) is 2.15.